The Hall–Kier alpha value is -1.26. The van der Waals surface area contributed by atoms with Crippen molar-refractivity contribution in [2.45, 2.75) is 45.6 Å². The molecule has 2 rings (SSSR count). The van der Waals surface area contributed by atoms with Crippen LogP contribution in [0.1, 0.15) is 40.0 Å². The fraction of sp³-hybridized carbons (Fsp3) is 0.846. The Bertz CT molecular complexity index is 366. The number of carboxylic acids is 1. The Labute approximate surface area is 107 Å². The van der Waals surface area contributed by atoms with Gasteiger partial charge in [0.05, 0.1) is 0 Å². The molecule has 18 heavy (non-hydrogen) atoms. The van der Waals surface area contributed by atoms with Gasteiger partial charge in [0.25, 0.3) is 0 Å². The van der Waals surface area contributed by atoms with Gasteiger partial charge in [-0.15, -0.1) is 0 Å². The highest BCUT2D eigenvalue weighted by Crippen LogP contribution is 2.60. The van der Waals surface area contributed by atoms with Gasteiger partial charge >= 0.3 is 12.1 Å². The Kier molecular flexibility index (Phi) is 3.03. The molecule has 1 unspecified atom stereocenters. The highest BCUT2D eigenvalue weighted by Gasteiger charge is 2.62. The van der Waals surface area contributed by atoms with Gasteiger partial charge in [0.2, 0.25) is 0 Å². The van der Waals surface area contributed by atoms with E-state index in [2.05, 4.69) is 0 Å². The van der Waals surface area contributed by atoms with Crippen molar-refractivity contribution < 1.29 is 19.4 Å². The highest BCUT2D eigenvalue weighted by atomic mass is 16.6. The van der Waals surface area contributed by atoms with E-state index < -0.39 is 11.6 Å². The van der Waals surface area contributed by atoms with Gasteiger partial charge in [0.1, 0.15) is 5.60 Å². The summed E-state index contributed by atoms with van der Waals surface area (Å²) >= 11 is 0. The van der Waals surface area contributed by atoms with E-state index >= 15 is 0 Å². The average Bonchev–Trinajstić information content (AvgIpc) is 2.83. The number of amides is 1. The van der Waals surface area contributed by atoms with E-state index in [1.54, 1.807) is 4.90 Å². The zero-order chi connectivity index (χ0) is 13.6. The van der Waals surface area contributed by atoms with E-state index in [1.165, 1.54) is 0 Å². The van der Waals surface area contributed by atoms with Crippen LogP contribution in [-0.2, 0) is 9.53 Å². The molecule has 0 bridgehead atoms. The van der Waals surface area contributed by atoms with Crippen molar-refractivity contribution in [2.75, 3.05) is 13.1 Å². The third-order valence-corrected chi connectivity index (χ3v) is 3.73. The molecule has 102 valence electrons. The van der Waals surface area contributed by atoms with Crippen LogP contribution in [0.4, 0.5) is 4.79 Å². The van der Waals surface area contributed by atoms with Gasteiger partial charge in [-0.25, -0.2) is 4.79 Å². The molecule has 5 heteroatoms. The summed E-state index contributed by atoms with van der Waals surface area (Å²) < 4.78 is 5.29. The summed E-state index contributed by atoms with van der Waals surface area (Å²) in [6.07, 6.45) is 1.77. The lowest BCUT2D eigenvalue weighted by atomic mass is 9.92. The van der Waals surface area contributed by atoms with Crippen LogP contribution < -0.4 is 0 Å². The predicted octanol–water partition coefficient (Wildman–Crippen LogP) is 2.11. The highest BCUT2D eigenvalue weighted by molar-refractivity contribution is 5.70. The second-order valence-corrected chi connectivity index (χ2v) is 6.53. The Morgan fingerprint density at radius 3 is 2.50 bits per heavy atom. The summed E-state index contributed by atoms with van der Waals surface area (Å²) in [6.45, 7) is 7.02. The number of hydrogen-bond acceptors (Lipinski definition) is 3. The summed E-state index contributed by atoms with van der Waals surface area (Å²) in [5.74, 6) is -0.257. The first-order chi connectivity index (χ1) is 8.22. The fourth-order valence-electron chi connectivity index (χ4n) is 2.69. The number of hydrogen-bond donors (Lipinski definition) is 1. The zero-order valence-corrected chi connectivity index (χ0v) is 11.2. The molecule has 5 nitrogen and oxygen atoms in total. The maximum Gasteiger partial charge on any atom is 0.410 e. The van der Waals surface area contributed by atoms with Crippen molar-refractivity contribution in [1.82, 2.24) is 4.90 Å². The maximum atomic E-state index is 11.7. The van der Waals surface area contributed by atoms with E-state index in [-0.39, 0.29) is 17.9 Å². The number of carbonyl (C=O) groups is 2. The van der Waals surface area contributed by atoms with Crippen molar-refractivity contribution in [3.63, 3.8) is 0 Å². The Morgan fingerprint density at radius 1 is 1.39 bits per heavy atom. The maximum absolute atomic E-state index is 11.7. The van der Waals surface area contributed by atoms with Crippen LogP contribution >= 0.6 is 0 Å². The number of aliphatic carboxylic acids is 1. The molecule has 0 aromatic carbocycles. The second-order valence-electron chi connectivity index (χ2n) is 6.53. The molecule has 1 saturated carbocycles. The van der Waals surface area contributed by atoms with E-state index in [0.717, 1.165) is 25.9 Å². The average molecular weight is 255 g/mol. The lowest BCUT2D eigenvalue weighted by Crippen LogP contribution is -2.53. The van der Waals surface area contributed by atoms with E-state index in [1.807, 2.05) is 20.8 Å². The van der Waals surface area contributed by atoms with Crippen molar-refractivity contribution in [3.05, 3.63) is 0 Å². The summed E-state index contributed by atoms with van der Waals surface area (Å²) in [4.78, 5) is 23.9. The van der Waals surface area contributed by atoms with Crippen molar-refractivity contribution in [2.24, 2.45) is 11.3 Å². The summed E-state index contributed by atoms with van der Waals surface area (Å²) in [5.41, 5.74) is -0.238. The molecule has 1 N–H and O–H groups in total. The standard InChI is InChI=1S/C13H21NO4/c1-12(2,3)18-11(17)14-7-13(8-14)6-9(13)4-5-10(15)16/h9H,4-8H2,1-3H3,(H,15,16). The van der Waals surface area contributed by atoms with Crippen LogP contribution in [0.15, 0.2) is 0 Å². The first kappa shape index (κ1) is 13.2. The topological polar surface area (TPSA) is 66.8 Å². The van der Waals surface area contributed by atoms with Crippen molar-refractivity contribution in [1.29, 1.82) is 0 Å². The zero-order valence-electron chi connectivity index (χ0n) is 11.2. The molecule has 1 spiro atoms. The van der Waals surface area contributed by atoms with Crippen LogP contribution in [0.3, 0.4) is 0 Å². The number of nitrogens with zero attached hydrogens (tertiary/aromatic N) is 1. The molecular formula is C13H21NO4. The molecule has 0 radical (unpaired) electrons. The van der Waals surface area contributed by atoms with E-state index in [0.29, 0.717) is 5.92 Å². The quantitative estimate of drug-likeness (QED) is 0.838. The molecule has 1 aliphatic carbocycles. The minimum absolute atomic E-state index is 0.215. The van der Waals surface area contributed by atoms with Crippen LogP contribution in [0, 0.1) is 11.3 Å². The third-order valence-electron chi connectivity index (χ3n) is 3.73. The van der Waals surface area contributed by atoms with Crippen LogP contribution in [0.25, 0.3) is 0 Å². The van der Waals surface area contributed by atoms with Gasteiger partial charge in [-0.2, -0.15) is 0 Å². The first-order valence-corrected chi connectivity index (χ1v) is 6.42. The number of carboxylic acid groups (broad SMARTS) is 1. The summed E-state index contributed by atoms with van der Waals surface area (Å²) in [5, 5.41) is 8.63. The number of rotatable bonds is 3. The Balaban J connectivity index is 1.72. The summed E-state index contributed by atoms with van der Waals surface area (Å²) in [7, 11) is 0. The lowest BCUT2D eigenvalue weighted by molar-refractivity contribution is -0.137. The first-order valence-electron chi connectivity index (χ1n) is 6.42. The predicted molar refractivity (Wildman–Crippen MR) is 65.2 cm³/mol. The van der Waals surface area contributed by atoms with Crippen molar-refractivity contribution >= 4 is 12.1 Å². The van der Waals surface area contributed by atoms with Crippen LogP contribution in [0.2, 0.25) is 0 Å². The molecular weight excluding hydrogens is 234 g/mol. The van der Waals surface area contributed by atoms with Crippen LogP contribution in [-0.4, -0.2) is 40.8 Å². The molecule has 2 fully saturated rings. The third kappa shape index (κ3) is 2.76. The molecule has 1 atom stereocenters. The van der Waals surface area contributed by atoms with Gasteiger partial charge in [-0.1, -0.05) is 0 Å². The molecule has 0 aromatic heterocycles. The van der Waals surface area contributed by atoms with Crippen LogP contribution in [0.5, 0.6) is 0 Å². The minimum Gasteiger partial charge on any atom is -0.481 e. The fourth-order valence-corrected chi connectivity index (χ4v) is 2.69. The van der Waals surface area contributed by atoms with Crippen molar-refractivity contribution in [3.8, 4) is 0 Å². The van der Waals surface area contributed by atoms with Gasteiger partial charge < -0.3 is 14.7 Å². The number of carbonyl (C=O) groups excluding carboxylic acids is 1. The normalized spacial score (nSPS) is 24.6. The number of likely N-dealkylation sites (tertiary alicyclic amines) is 1. The largest absolute Gasteiger partial charge is 0.481 e. The molecule has 1 saturated heterocycles. The minimum atomic E-state index is -0.736. The van der Waals surface area contributed by atoms with E-state index in [4.69, 9.17) is 9.84 Å². The number of ether oxygens (including phenoxy) is 1. The lowest BCUT2D eigenvalue weighted by Gasteiger charge is -2.41. The molecule has 0 aromatic rings. The second kappa shape index (κ2) is 4.14. The Morgan fingerprint density at radius 2 is 2.00 bits per heavy atom. The van der Waals surface area contributed by atoms with Gasteiger partial charge in [-0.3, -0.25) is 4.79 Å². The molecule has 2 aliphatic rings. The molecule has 1 heterocycles. The summed E-state index contributed by atoms with van der Waals surface area (Å²) in [6, 6.07) is 0. The SMILES string of the molecule is CC(C)(C)OC(=O)N1CC2(CC2CCC(=O)O)C1. The van der Waals surface area contributed by atoms with Gasteiger partial charge in [-0.05, 0) is 39.5 Å². The van der Waals surface area contributed by atoms with Gasteiger partial charge in [0, 0.05) is 24.9 Å². The molecule has 1 aliphatic heterocycles. The van der Waals surface area contributed by atoms with Gasteiger partial charge in [0.15, 0.2) is 0 Å². The molecule has 1 amide bonds. The monoisotopic (exact) mass is 255 g/mol. The smallest absolute Gasteiger partial charge is 0.410 e. The van der Waals surface area contributed by atoms with E-state index in [9.17, 15) is 9.59 Å².